The van der Waals surface area contributed by atoms with Gasteiger partial charge in [0.2, 0.25) is 0 Å². The van der Waals surface area contributed by atoms with Gasteiger partial charge in [0.25, 0.3) is 0 Å². The summed E-state index contributed by atoms with van der Waals surface area (Å²) in [6.45, 7) is 0.116. The summed E-state index contributed by atoms with van der Waals surface area (Å²) in [7, 11) is 0. The van der Waals surface area contributed by atoms with E-state index in [2.05, 4.69) is 4.98 Å². The van der Waals surface area contributed by atoms with Gasteiger partial charge in [-0.3, -0.25) is 9.78 Å². The number of rotatable bonds is 7. The molecule has 4 aromatic rings. The van der Waals surface area contributed by atoms with Gasteiger partial charge in [-0.05, 0) is 47.5 Å². The van der Waals surface area contributed by atoms with Crippen molar-refractivity contribution in [3.8, 4) is 16.9 Å². The molecule has 0 aliphatic heterocycles. The quantitative estimate of drug-likeness (QED) is 0.394. The number of carboxylic acids is 1. The highest BCUT2D eigenvalue weighted by atomic mass is 19.4. The van der Waals surface area contributed by atoms with Crippen molar-refractivity contribution in [2.75, 3.05) is 0 Å². The van der Waals surface area contributed by atoms with Crippen molar-refractivity contribution in [2.24, 2.45) is 5.73 Å². The molecular formula is C24H19F3N2O4. The Kier molecular flexibility index (Phi) is 6.06. The molecule has 2 aromatic carbocycles. The Bertz CT molecular complexity index is 1300. The van der Waals surface area contributed by atoms with Crippen molar-refractivity contribution >= 4 is 16.9 Å². The molecule has 2 aromatic heterocycles. The highest BCUT2D eigenvalue weighted by Crippen LogP contribution is 2.35. The third-order valence-electron chi connectivity index (χ3n) is 5.08. The number of ether oxygens (including phenoxy) is 1. The zero-order valence-corrected chi connectivity index (χ0v) is 17.2. The molecule has 0 radical (unpaired) electrons. The number of para-hydroxylation sites is 1. The molecule has 1 atom stereocenters. The topological polar surface area (TPSA) is 98.6 Å². The summed E-state index contributed by atoms with van der Waals surface area (Å²) < 4.78 is 50.7. The lowest BCUT2D eigenvalue weighted by molar-refractivity contribution is -0.150. The van der Waals surface area contributed by atoms with E-state index in [4.69, 9.17) is 20.0 Å². The first-order valence-electron chi connectivity index (χ1n) is 9.93. The predicted octanol–water partition coefficient (Wildman–Crippen LogP) is 5.26. The van der Waals surface area contributed by atoms with E-state index in [1.807, 2.05) is 6.07 Å². The van der Waals surface area contributed by atoms with Crippen molar-refractivity contribution in [3.05, 3.63) is 83.9 Å². The average molecular weight is 456 g/mol. The van der Waals surface area contributed by atoms with E-state index in [1.54, 1.807) is 42.5 Å². The van der Waals surface area contributed by atoms with Crippen LogP contribution in [-0.4, -0.2) is 22.2 Å². The molecular weight excluding hydrogens is 437 g/mol. The van der Waals surface area contributed by atoms with Gasteiger partial charge in [-0.2, -0.15) is 13.2 Å². The fourth-order valence-electron chi connectivity index (χ4n) is 3.51. The van der Waals surface area contributed by atoms with Gasteiger partial charge in [-0.1, -0.05) is 18.2 Å². The average Bonchev–Trinajstić information content (AvgIpc) is 3.25. The molecule has 0 amide bonds. The first kappa shape index (κ1) is 22.3. The van der Waals surface area contributed by atoms with Gasteiger partial charge in [0, 0.05) is 22.7 Å². The number of aliphatic carboxylic acids is 1. The van der Waals surface area contributed by atoms with Crippen LogP contribution in [-0.2, 0) is 17.8 Å². The highest BCUT2D eigenvalue weighted by Gasteiger charge is 2.39. The summed E-state index contributed by atoms with van der Waals surface area (Å²) in [5.41, 5.74) is 7.82. The molecule has 0 saturated heterocycles. The molecule has 0 fully saturated rings. The van der Waals surface area contributed by atoms with Crippen LogP contribution in [0.3, 0.4) is 0 Å². The molecule has 0 saturated carbocycles. The minimum absolute atomic E-state index is 0.116. The molecule has 9 heteroatoms. The van der Waals surface area contributed by atoms with Crippen LogP contribution in [0.1, 0.15) is 22.9 Å². The predicted molar refractivity (Wildman–Crippen MR) is 115 cm³/mol. The van der Waals surface area contributed by atoms with Crippen molar-refractivity contribution in [1.29, 1.82) is 0 Å². The Morgan fingerprint density at radius 3 is 2.70 bits per heavy atom. The van der Waals surface area contributed by atoms with E-state index in [1.165, 1.54) is 18.5 Å². The van der Waals surface area contributed by atoms with E-state index < -0.39 is 18.2 Å². The number of hydrogen-bond acceptors (Lipinski definition) is 5. The number of alkyl halides is 3. The molecule has 170 valence electrons. The Morgan fingerprint density at radius 2 is 1.94 bits per heavy atom. The minimum atomic E-state index is -4.62. The van der Waals surface area contributed by atoms with Crippen molar-refractivity contribution < 1.29 is 32.2 Å². The van der Waals surface area contributed by atoms with Crippen molar-refractivity contribution in [1.82, 2.24) is 4.98 Å². The standard InChI is InChI=1S/C24H19F3N2O4/c25-24(26,27)23(28)19-11-15(5-7-29-19)18-10-14(9-17-6-8-32-22(17)18)13-33-20-4-2-1-3-16(20)12-21(30)31/h1-11,23H,12-13,28H2,(H,30,31). The number of fused-ring (bicyclic) bond motifs is 1. The summed E-state index contributed by atoms with van der Waals surface area (Å²) in [6, 6.07) is 12.8. The number of nitrogens with two attached hydrogens (primary N) is 1. The van der Waals surface area contributed by atoms with Gasteiger partial charge in [0.05, 0.1) is 18.4 Å². The maximum atomic E-state index is 13.1. The number of pyridine rings is 1. The number of benzene rings is 2. The molecule has 0 bridgehead atoms. The van der Waals surface area contributed by atoms with E-state index >= 15 is 0 Å². The van der Waals surface area contributed by atoms with Gasteiger partial charge >= 0.3 is 12.1 Å². The second-order valence-electron chi connectivity index (χ2n) is 7.44. The molecule has 3 N–H and O–H groups in total. The molecule has 0 aliphatic carbocycles. The number of carboxylic acid groups (broad SMARTS) is 1. The zero-order chi connectivity index (χ0) is 23.6. The summed E-state index contributed by atoms with van der Waals surface area (Å²) in [5.74, 6) is -0.533. The Balaban J connectivity index is 1.67. The fraction of sp³-hybridized carbons (Fsp3) is 0.167. The van der Waals surface area contributed by atoms with Crippen LogP contribution in [0.2, 0.25) is 0 Å². The zero-order valence-electron chi connectivity index (χ0n) is 17.2. The fourth-order valence-corrected chi connectivity index (χ4v) is 3.51. The summed E-state index contributed by atoms with van der Waals surface area (Å²) >= 11 is 0. The lowest BCUT2D eigenvalue weighted by atomic mass is 9.99. The Hall–Kier alpha value is -3.85. The first-order chi connectivity index (χ1) is 15.7. The molecule has 4 rings (SSSR count). The van der Waals surface area contributed by atoms with E-state index in [-0.39, 0.29) is 18.7 Å². The molecule has 33 heavy (non-hydrogen) atoms. The summed E-state index contributed by atoms with van der Waals surface area (Å²) in [5, 5.41) is 9.83. The van der Waals surface area contributed by atoms with Gasteiger partial charge in [-0.15, -0.1) is 0 Å². The largest absolute Gasteiger partial charge is 0.489 e. The second-order valence-corrected chi connectivity index (χ2v) is 7.44. The highest BCUT2D eigenvalue weighted by molar-refractivity contribution is 5.93. The first-order valence-corrected chi connectivity index (χ1v) is 9.93. The molecule has 0 aliphatic rings. The van der Waals surface area contributed by atoms with Gasteiger partial charge in [0.1, 0.15) is 24.0 Å². The second kappa shape index (κ2) is 8.95. The van der Waals surface area contributed by atoms with Crippen molar-refractivity contribution in [3.63, 3.8) is 0 Å². The Morgan fingerprint density at radius 1 is 1.15 bits per heavy atom. The van der Waals surface area contributed by atoms with Crippen LogP contribution in [0.4, 0.5) is 13.2 Å². The Labute approximate surface area is 186 Å². The molecule has 1 unspecified atom stereocenters. The maximum Gasteiger partial charge on any atom is 0.409 e. The minimum Gasteiger partial charge on any atom is -0.489 e. The monoisotopic (exact) mass is 456 g/mol. The van der Waals surface area contributed by atoms with Crippen LogP contribution in [0, 0.1) is 0 Å². The van der Waals surface area contributed by atoms with Crippen LogP contribution in [0.15, 0.2) is 71.5 Å². The summed E-state index contributed by atoms with van der Waals surface area (Å²) in [6.07, 6.45) is -2.03. The van der Waals surface area contributed by atoms with Crippen LogP contribution < -0.4 is 10.5 Å². The number of halogens is 3. The van der Waals surface area contributed by atoms with Crippen LogP contribution in [0.5, 0.6) is 5.75 Å². The lowest BCUT2D eigenvalue weighted by Crippen LogP contribution is -2.29. The van der Waals surface area contributed by atoms with Gasteiger partial charge in [-0.25, -0.2) is 0 Å². The lowest BCUT2D eigenvalue weighted by Gasteiger charge is -2.16. The van der Waals surface area contributed by atoms with E-state index in [0.717, 1.165) is 10.9 Å². The molecule has 0 spiro atoms. The number of nitrogens with zero attached hydrogens (tertiary/aromatic N) is 1. The van der Waals surface area contributed by atoms with Crippen LogP contribution >= 0.6 is 0 Å². The smallest absolute Gasteiger partial charge is 0.409 e. The molecule has 6 nitrogen and oxygen atoms in total. The number of furan rings is 1. The van der Waals surface area contributed by atoms with Crippen molar-refractivity contribution in [2.45, 2.75) is 25.2 Å². The SMILES string of the molecule is NC(c1cc(-c2cc(COc3ccccc3CC(=O)O)cc3ccoc23)ccn1)C(F)(F)F. The number of hydrogen-bond donors (Lipinski definition) is 2. The normalized spacial score (nSPS) is 12.6. The van der Waals surface area contributed by atoms with Gasteiger partial charge in [0.15, 0.2) is 0 Å². The number of carbonyl (C=O) groups is 1. The summed E-state index contributed by atoms with van der Waals surface area (Å²) in [4.78, 5) is 14.9. The third kappa shape index (κ3) is 4.98. The molecule has 2 heterocycles. The van der Waals surface area contributed by atoms with Gasteiger partial charge < -0.3 is 20.0 Å². The van der Waals surface area contributed by atoms with Crippen LogP contribution in [0.25, 0.3) is 22.1 Å². The van der Waals surface area contributed by atoms with E-state index in [0.29, 0.717) is 28.0 Å². The number of aromatic nitrogens is 1. The maximum absolute atomic E-state index is 13.1. The third-order valence-corrected chi connectivity index (χ3v) is 5.08. The van der Waals surface area contributed by atoms with E-state index in [9.17, 15) is 18.0 Å².